The van der Waals surface area contributed by atoms with Gasteiger partial charge >= 0.3 is 98.8 Å². The first-order chi connectivity index (χ1) is 0. The van der Waals surface area contributed by atoms with Crippen LogP contribution in [0.25, 0.3) is 0 Å². The smallest absolute Gasteiger partial charge is 2.00 e. The normalized spacial score (nSPS) is 0. The summed E-state index contributed by atoms with van der Waals surface area (Å²) in [5.41, 5.74) is 0. The molecule has 54 valence electrons. The number of hydrogen-bond acceptors (Lipinski definition) is 0. The van der Waals surface area contributed by atoms with Gasteiger partial charge in [0.2, 0.25) is 0 Å². The molecule has 0 N–H and O–H groups in total. The van der Waals surface area contributed by atoms with E-state index in [2.05, 4.69) is 0 Å². The molecule has 9 heteroatoms. The summed E-state index contributed by atoms with van der Waals surface area (Å²) in [6, 6.07) is 0. The maximum atomic E-state index is 0. The molecule has 0 aliphatic rings. The van der Waals surface area contributed by atoms with E-state index in [4.69, 9.17) is 0 Å². The maximum absolute atomic E-state index is 0. The van der Waals surface area contributed by atoms with Crippen LogP contribution in [0.4, 0.5) is 0 Å². The van der Waals surface area contributed by atoms with Crippen LogP contribution in [-0.4, -0.2) is 0 Å². The fourth-order valence-corrected chi connectivity index (χ4v) is 0. The fourth-order valence-electron chi connectivity index (χ4n) is 0. The Morgan fingerprint density at radius 1 is 0.444 bits per heavy atom. The molecule has 0 aromatic carbocycles. The summed E-state index contributed by atoms with van der Waals surface area (Å²) in [6.45, 7) is 0. The van der Waals surface area contributed by atoms with Gasteiger partial charge < -0.3 is 16.4 Å². The second-order valence-corrected chi connectivity index (χ2v) is 0. The first kappa shape index (κ1) is 68.4. The summed E-state index contributed by atoms with van der Waals surface area (Å²) in [4.78, 5) is 0. The first-order valence-corrected chi connectivity index (χ1v) is 0. The zero-order valence-electron chi connectivity index (χ0n) is 3.84. The molecular formula is Eu2Gd2O3Y2. The van der Waals surface area contributed by atoms with Crippen LogP contribution in [0, 0.1) is 179 Å². The van der Waals surface area contributed by atoms with Gasteiger partial charge in [-0.05, 0) is 0 Å². The van der Waals surface area contributed by atoms with Crippen LogP contribution in [0.5, 0.6) is 0 Å². The molecule has 0 spiro atoms. The van der Waals surface area contributed by atoms with Crippen molar-refractivity contribution in [3.8, 4) is 0 Å². The zero-order valence-corrected chi connectivity index (χ0v) is 18.9. The Labute approximate surface area is 251 Å². The molecule has 0 atom stereocenters. The largest absolute Gasteiger partial charge is 3.00 e. The van der Waals surface area contributed by atoms with E-state index in [-0.39, 0.29) is 260 Å². The van der Waals surface area contributed by atoms with E-state index in [1.54, 1.807) is 0 Å². The molecule has 2 radical (unpaired) electrons. The molecule has 0 fully saturated rings. The molecular weight excluding hydrogens is 844 g/mol. The van der Waals surface area contributed by atoms with E-state index in [0.29, 0.717) is 0 Å². The Balaban J connectivity index is 0. The average molecular weight is 844 g/mol. The minimum absolute atomic E-state index is 0. The van der Waals surface area contributed by atoms with Gasteiger partial charge in [0, 0.05) is 145 Å². The van der Waals surface area contributed by atoms with Crippen molar-refractivity contribution in [2.24, 2.45) is 0 Å². The fraction of sp³-hybridized carbons (Fsp3) is 0. The molecule has 0 rings (SSSR count). The predicted octanol–water partition coefficient (Wildman–Crippen LogP) is -0.361. The molecule has 0 aliphatic heterocycles. The predicted molar refractivity (Wildman–Crippen MR) is 2.06 cm³/mol. The second-order valence-electron chi connectivity index (χ2n) is 0. The van der Waals surface area contributed by atoms with Crippen molar-refractivity contribution < 1.29 is 260 Å². The van der Waals surface area contributed by atoms with Gasteiger partial charge in [-0.1, -0.05) is 0 Å². The topological polar surface area (TPSA) is 85.5 Å². The van der Waals surface area contributed by atoms with Crippen LogP contribution in [0.15, 0.2) is 0 Å². The third-order valence-electron chi connectivity index (χ3n) is 0. The first-order valence-electron chi connectivity index (χ1n) is 0. The van der Waals surface area contributed by atoms with Crippen molar-refractivity contribution in [1.82, 2.24) is 0 Å². The van der Waals surface area contributed by atoms with Crippen molar-refractivity contribution in [2.45, 2.75) is 0 Å². The molecule has 0 saturated carbocycles. The van der Waals surface area contributed by atoms with E-state index >= 15 is 0 Å². The van der Waals surface area contributed by atoms with Crippen LogP contribution in [0.2, 0.25) is 0 Å². The van der Waals surface area contributed by atoms with Crippen molar-refractivity contribution in [1.29, 1.82) is 0 Å². The Bertz CT molecular complexity index is 17.8. The van der Waals surface area contributed by atoms with Crippen molar-refractivity contribution in [2.75, 3.05) is 0 Å². The van der Waals surface area contributed by atoms with Gasteiger partial charge in [0.05, 0.1) is 0 Å². The van der Waals surface area contributed by atoms with Crippen LogP contribution in [0.3, 0.4) is 0 Å². The van der Waals surface area contributed by atoms with Gasteiger partial charge in [0.15, 0.2) is 0 Å². The molecule has 0 amide bonds. The van der Waals surface area contributed by atoms with Gasteiger partial charge in [0.1, 0.15) is 0 Å². The van der Waals surface area contributed by atoms with Crippen LogP contribution < -0.4 is 0 Å². The number of rotatable bonds is 0. The van der Waals surface area contributed by atoms with Crippen LogP contribution in [-0.2, 0) is 81.8 Å². The van der Waals surface area contributed by atoms with E-state index in [9.17, 15) is 0 Å². The molecule has 9 heavy (non-hydrogen) atoms. The Morgan fingerprint density at radius 3 is 0.444 bits per heavy atom. The minimum Gasteiger partial charge on any atom is -2.00 e. The van der Waals surface area contributed by atoms with Crippen LogP contribution >= 0.6 is 0 Å². The summed E-state index contributed by atoms with van der Waals surface area (Å²) in [7, 11) is 0. The Hall–Kier alpha value is 7.91. The third-order valence-corrected chi connectivity index (χ3v) is 0. The number of hydrogen-bond donors (Lipinski definition) is 0. The van der Waals surface area contributed by atoms with Crippen molar-refractivity contribution >= 4 is 0 Å². The summed E-state index contributed by atoms with van der Waals surface area (Å²) >= 11 is 0. The van der Waals surface area contributed by atoms with Gasteiger partial charge in [-0.2, -0.15) is 0 Å². The molecule has 0 saturated heterocycles. The molecule has 0 unspecified atom stereocenters. The molecule has 0 aliphatic carbocycles. The summed E-state index contributed by atoms with van der Waals surface area (Å²) in [5, 5.41) is 0. The maximum Gasteiger partial charge on any atom is 3.00 e. The van der Waals surface area contributed by atoms with Gasteiger partial charge in [-0.25, -0.2) is 0 Å². The molecule has 3 nitrogen and oxygen atoms in total. The minimum atomic E-state index is 0. The summed E-state index contributed by atoms with van der Waals surface area (Å²) < 4.78 is 0. The Morgan fingerprint density at radius 2 is 0.444 bits per heavy atom. The van der Waals surface area contributed by atoms with Crippen molar-refractivity contribution in [3.63, 3.8) is 0 Å². The average Bonchev–Trinajstić information content (AvgIpc) is 0. The summed E-state index contributed by atoms with van der Waals surface area (Å²) in [5.74, 6) is 0. The van der Waals surface area contributed by atoms with Crippen LogP contribution in [0.1, 0.15) is 0 Å². The van der Waals surface area contributed by atoms with Crippen molar-refractivity contribution in [3.05, 3.63) is 0 Å². The second kappa shape index (κ2) is 56.5. The molecule has 0 heterocycles. The van der Waals surface area contributed by atoms with Gasteiger partial charge in [-0.15, -0.1) is 0 Å². The SMILES string of the molecule is [Eu+3].[Eu+3].[Gd].[Gd].[O-2].[O-2].[O-2].[Y].[Y]. The molecule has 0 bridgehead atoms. The Kier molecular flexibility index (Phi) is 430. The van der Waals surface area contributed by atoms with Gasteiger partial charge in [0.25, 0.3) is 0 Å². The molecule has 0 aromatic rings. The zero-order chi connectivity index (χ0) is 0. The van der Waals surface area contributed by atoms with E-state index < -0.39 is 0 Å². The molecule has 0 aromatic heterocycles. The third kappa shape index (κ3) is 49.2. The monoisotopic (exact) mass is 847 g/mol. The quantitative estimate of drug-likeness (QED) is 0.320. The van der Waals surface area contributed by atoms with Gasteiger partial charge in [-0.3, -0.25) is 0 Å². The van der Waals surface area contributed by atoms with E-state index in [1.165, 1.54) is 0 Å². The van der Waals surface area contributed by atoms with E-state index in [0.717, 1.165) is 0 Å². The standard InChI is InChI=1S/2Eu.2Gd.3O.2Y/q2*+3;;;3*-2;;. The van der Waals surface area contributed by atoms with E-state index in [1.807, 2.05) is 0 Å². The summed E-state index contributed by atoms with van der Waals surface area (Å²) in [6.07, 6.45) is 0.